The molecule has 0 aromatic heterocycles. The van der Waals surface area contributed by atoms with Crippen molar-refractivity contribution in [1.29, 1.82) is 0 Å². The molecule has 1 atom stereocenters. The Balaban J connectivity index is 2.87. The number of hydrogen-bond acceptors (Lipinski definition) is 2. The molecule has 0 aliphatic heterocycles. The van der Waals surface area contributed by atoms with E-state index in [1.807, 2.05) is 18.2 Å². The van der Waals surface area contributed by atoms with Crippen LogP contribution in [0.1, 0.15) is 26.7 Å². The van der Waals surface area contributed by atoms with Gasteiger partial charge in [0, 0.05) is 0 Å². The number of nitrogens with one attached hydrogen (secondary N) is 1. The van der Waals surface area contributed by atoms with Gasteiger partial charge in [0.15, 0.2) is 0 Å². The average Bonchev–Trinajstić information content (AvgIpc) is 2.31. The molecule has 0 radical (unpaired) electrons. The number of anilines is 1. The lowest BCUT2D eigenvalue weighted by atomic mass is 9.93. The summed E-state index contributed by atoms with van der Waals surface area (Å²) < 4.78 is 0. The lowest BCUT2D eigenvalue weighted by molar-refractivity contribution is -0.119. The van der Waals surface area contributed by atoms with Crippen molar-refractivity contribution in [3.05, 3.63) is 29.3 Å². The van der Waals surface area contributed by atoms with Crippen LogP contribution in [0.5, 0.6) is 0 Å². The minimum atomic E-state index is -0.370. The van der Waals surface area contributed by atoms with Gasteiger partial charge in [-0.1, -0.05) is 50.4 Å². The van der Waals surface area contributed by atoms with Gasteiger partial charge in [0.1, 0.15) is 6.04 Å². The number of nitrogens with two attached hydrogens (primary N) is 1. The third kappa shape index (κ3) is 3.63. The zero-order chi connectivity index (χ0) is 12.8. The van der Waals surface area contributed by atoms with Gasteiger partial charge in [-0.05, 0) is 18.1 Å². The Morgan fingerprint density at radius 1 is 1.35 bits per heavy atom. The molecule has 1 rings (SSSR count). The van der Waals surface area contributed by atoms with Crippen molar-refractivity contribution in [3.8, 4) is 0 Å². The SMILES string of the molecule is CCC(CC)C(Nc1ccccc1Cl)C(N)=O. The molecule has 3 nitrogen and oxygen atoms in total. The molecule has 17 heavy (non-hydrogen) atoms. The highest BCUT2D eigenvalue weighted by Gasteiger charge is 2.24. The van der Waals surface area contributed by atoms with Crippen molar-refractivity contribution in [3.63, 3.8) is 0 Å². The van der Waals surface area contributed by atoms with Gasteiger partial charge in [0.25, 0.3) is 0 Å². The average molecular weight is 255 g/mol. The van der Waals surface area contributed by atoms with Crippen LogP contribution in [0.25, 0.3) is 0 Å². The van der Waals surface area contributed by atoms with Crippen molar-refractivity contribution in [2.75, 3.05) is 5.32 Å². The van der Waals surface area contributed by atoms with Crippen LogP contribution in [0.2, 0.25) is 5.02 Å². The van der Waals surface area contributed by atoms with E-state index in [2.05, 4.69) is 19.2 Å². The zero-order valence-corrected chi connectivity index (χ0v) is 11.0. The van der Waals surface area contributed by atoms with Gasteiger partial charge < -0.3 is 11.1 Å². The molecule has 1 aromatic rings. The first-order chi connectivity index (χ1) is 8.10. The number of benzene rings is 1. The van der Waals surface area contributed by atoms with Crippen LogP contribution in [-0.2, 0) is 4.79 Å². The van der Waals surface area contributed by atoms with E-state index < -0.39 is 0 Å². The van der Waals surface area contributed by atoms with E-state index in [-0.39, 0.29) is 17.9 Å². The van der Waals surface area contributed by atoms with E-state index in [0.29, 0.717) is 5.02 Å². The summed E-state index contributed by atoms with van der Waals surface area (Å²) in [7, 11) is 0. The Kier molecular flexibility index (Phi) is 5.29. The van der Waals surface area contributed by atoms with E-state index >= 15 is 0 Å². The van der Waals surface area contributed by atoms with Crippen molar-refractivity contribution >= 4 is 23.2 Å². The predicted octanol–water partition coefficient (Wildman–Crippen LogP) is 3.04. The van der Waals surface area contributed by atoms with Gasteiger partial charge in [-0.3, -0.25) is 4.79 Å². The highest BCUT2D eigenvalue weighted by molar-refractivity contribution is 6.33. The maximum atomic E-state index is 11.5. The summed E-state index contributed by atoms with van der Waals surface area (Å²) in [5.74, 6) is -0.109. The molecule has 1 amide bonds. The lowest BCUT2D eigenvalue weighted by Gasteiger charge is -2.24. The van der Waals surface area contributed by atoms with E-state index in [1.54, 1.807) is 6.07 Å². The molecule has 0 spiro atoms. The Hall–Kier alpha value is -1.22. The topological polar surface area (TPSA) is 55.1 Å². The molecule has 0 bridgehead atoms. The summed E-state index contributed by atoms with van der Waals surface area (Å²) >= 11 is 6.05. The van der Waals surface area contributed by atoms with Crippen LogP contribution in [0, 0.1) is 5.92 Å². The van der Waals surface area contributed by atoms with Gasteiger partial charge in [0.05, 0.1) is 10.7 Å². The van der Waals surface area contributed by atoms with Crippen molar-refractivity contribution in [2.45, 2.75) is 32.7 Å². The minimum Gasteiger partial charge on any atom is -0.372 e. The van der Waals surface area contributed by atoms with Crippen molar-refractivity contribution in [1.82, 2.24) is 0 Å². The fourth-order valence-electron chi connectivity index (χ4n) is 1.93. The molecule has 0 fully saturated rings. The molecule has 0 saturated heterocycles. The molecule has 1 unspecified atom stereocenters. The summed E-state index contributed by atoms with van der Waals surface area (Å²) in [5.41, 5.74) is 6.20. The number of carbonyl (C=O) groups is 1. The Morgan fingerprint density at radius 3 is 2.41 bits per heavy atom. The van der Waals surface area contributed by atoms with Crippen LogP contribution in [0.15, 0.2) is 24.3 Å². The van der Waals surface area contributed by atoms with Crippen LogP contribution in [0.4, 0.5) is 5.69 Å². The summed E-state index contributed by atoms with van der Waals surface area (Å²) in [6.45, 7) is 4.11. The molecule has 0 heterocycles. The first-order valence-corrected chi connectivity index (χ1v) is 6.28. The number of amides is 1. The number of halogens is 1. The predicted molar refractivity (Wildman–Crippen MR) is 72.1 cm³/mol. The van der Waals surface area contributed by atoms with E-state index in [9.17, 15) is 4.79 Å². The molecule has 1 aromatic carbocycles. The maximum absolute atomic E-state index is 11.5. The summed E-state index contributed by atoms with van der Waals surface area (Å²) in [5, 5.41) is 3.74. The highest BCUT2D eigenvalue weighted by atomic mass is 35.5. The smallest absolute Gasteiger partial charge is 0.240 e. The zero-order valence-electron chi connectivity index (χ0n) is 10.2. The lowest BCUT2D eigenvalue weighted by Crippen LogP contribution is -2.41. The Labute approximate surface area is 107 Å². The first kappa shape index (κ1) is 13.8. The van der Waals surface area contributed by atoms with E-state index in [0.717, 1.165) is 18.5 Å². The number of rotatable bonds is 6. The molecular weight excluding hydrogens is 236 g/mol. The third-order valence-corrected chi connectivity index (χ3v) is 3.34. The molecule has 3 N–H and O–H groups in total. The molecular formula is C13H19ClN2O. The molecule has 4 heteroatoms. The van der Waals surface area contributed by atoms with Crippen LogP contribution < -0.4 is 11.1 Å². The second-order valence-corrected chi connectivity index (χ2v) is 4.49. The maximum Gasteiger partial charge on any atom is 0.240 e. The Morgan fingerprint density at radius 2 is 1.94 bits per heavy atom. The molecule has 0 aliphatic rings. The van der Waals surface area contributed by atoms with Gasteiger partial charge in [-0.15, -0.1) is 0 Å². The summed E-state index contributed by atoms with van der Waals surface area (Å²) in [6, 6.07) is 6.99. The van der Waals surface area contributed by atoms with Crippen LogP contribution in [-0.4, -0.2) is 11.9 Å². The van der Waals surface area contributed by atoms with Gasteiger partial charge in [-0.25, -0.2) is 0 Å². The van der Waals surface area contributed by atoms with Crippen molar-refractivity contribution < 1.29 is 4.79 Å². The third-order valence-electron chi connectivity index (χ3n) is 3.01. The largest absolute Gasteiger partial charge is 0.372 e. The van der Waals surface area contributed by atoms with E-state index in [4.69, 9.17) is 17.3 Å². The normalized spacial score (nSPS) is 12.5. The monoisotopic (exact) mass is 254 g/mol. The van der Waals surface area contributed by atoms with Crippen molar-refractivity contribution in [2.24, 2.45) is 11.7 Å². The summed E-state index contributed by atoms with van der Waals surface area (Å²) in [6.07, 6.45) is 1.81. The number of carbonyl (C=O) groups excluding carboxylic acids is 1. The highest BCUT2D eigenvalue weighted by Crippen LogP contribution is 2.24. The van der Waals surface area contributed by atoms with Gasteiger partial charge in [0.2, 0.25) is 5.91 Å². The van der Waals surface area contributed by atoms with E-state index in [1.165, 1.54) is 0 Å². The fraction of sp³-hybridized carbons (Fsp3) is 0.462. The quantitative estimate of drug-likeness (QED) is 0.820. The number of primary amides is 1. The molecule has 94 valence electrons. The van der Waals surface area contributed by atoms with Crippen LogP contribution in [0.3, 0.4) is 0 Å². The summed E-state index contributed by atoms with van der Waals surface area (Å²) in [4.78, 5) is 11.5. The first-order valence-electron chi connectivity index (χ1n) is 5.90. The molecule has 0 saturated carbocycles. The minimum absolute atomic E-state index is 0.226. The Bertz CT molecular complexity index is 377. The number of para-hydroxylation sites is 1. The van der Waals surface area contributed by atoms with Gasteiger partial charge >= 0.3 is 0 Å². The second kappa shape index (κ2) is 6.50. The fourth-order valence-corrected chi connectivity index (χ4v) is 2.12. The standard InChI is InChI=1S/C13H19ClN2O/c1-3-9(4-2)12(13(15)17)16-11-8-6-5-7-10(11)14/h5-9,12,16H,3-4H2,1-2H3,(H2,15,17). The van der Waals surface area contributed by atoms with Gasteiger partial charge in [-0.2, -0.15) is 0 Å². The second-order valence-electron chi connectivity index (χ2n) is 4.08. The number of hydrogen-bond donors (Lipinski definition) is 2. The van der Waals surface area contributed by atoms with Crippen LogP contribution >= 0.6 is 11.6 Å². The molecule has 0 aliphatic carbocycles.